The first-order valence-corrected chi connectivity index (χ1v) is 20.9. The fourth-order valence-corrected chi connectivity index (χ4v) is 9.77. The number of fused-ring (bicyclic) bond motifs is 12. The van der Waals surface area contributed by atoms with Gasteiger partial charge in [0.1, 0.15) is 0 Å². The highest BCUT2D eigenvalue weighted by molar-refractivity contribution is 6.23. The SMILES string of the molecule is c1ccc2c(c1)c1cc(-c3ccc4cc(-c5ccc6cc(-c7ccc8cc(-n9c%10ccccc%10c%10ccccc%109)ccc8c7)ccc6c5)ccc4c3)ccc1c1nccnc21. The second kappa shape index (κ2) is 13.2. The molecule has 2 aromatic heterocycles. The Bertz CT molecular complexity index is 3860. The van der Waals surface area contributed by atoms with Gasteiger partial charge in [-0.15, -0.1) is 0 Å². The summed E-state index contributed by atoms with van der Waals surface area (Å²) in [4.78, 5) is 9.43. The molecule has 11 aromatic carbocycles. The molecule has 0 aliphatic heterocycles. The highest BCUT2D eigenvalue weighted by Crippen LogP contribution is 2.38. The topological polar surface area (TPSA) is 30.7 Å². The summed E-state index contributed by atoms with van der Waals surface area (Å²) in [6.45, 7) is 0. The van der Waals surface area contributed by atoms with E-state index in [1.165, 1.54) is 104 Å². The highest BCUT2D eigenvalue weighted by Gasteiger charge is 2.14. The Hall–Kier alpha value is -8.14. The Morgan fingerprint density at radius 2 is 0.623 bits per heavy atom. The van der Waals surface area contributed by atoms with Crippen molar-refractivity contribution in [1.82, 2.24) is 14.5 Å². The lowest BCUT2D eigenvalue weighted by Crippen LogP contribution is -1.93. The van der Waals surface area contributed by atoms with Crippen molar-refractivity contribution in [3.63, 3.8) is 0 Å². The molecule has 0 radical (unpaired) electrons. The monoisotopic (exact) mass is 773 g/mol. The zero-order valence-corrected chi connectivity index (χ0v) is 33.0. The zero-order chi connectivity index (χ0) is 40.0. The van der Waals surface area contributed by atoms with Crippen LogP contribution < -0.4 is 0 Å². The number of hydrogen-bond donors (Lipinski definition) is 0. The van der Waals surface area contributed by atoms with Gasteiger partial charge in [0.2, 0.25) is 0 Å². The van der Waals surface area contributed by atoms with E-state index < -0.39 is 0 Å². The number of para-hydroxylation sites is 2. The first-order valence-electron chi connectivity index (χ1n) is 20.9. The second-order valence-corrected chi connectivity index (χ2v) is 16.2. The number of benzene rings is 11. The van der Waals surface area contributed by atoms with Crippen molar-refractivity contribution in [3.8, 4) is 39.1 Å². The van der Waals surface area contributed by atoms with E-state index in [0.29, 0.717) is 0 Å². The van der Waals surface area contributed by atoms with Crippen molar-refractivity contribution in [2.45, 2.75) is 0 Å². The van der Waals surface area contributed by atoms with E-state index in [-0.39, 0.29) is 0 Å². The van der Waals surface area contributed by atoms with Gasteiger partial charge in [-0.2, -0.15) is 0 Å². The number of hydrogen-bond acceptors (Lipinski definition) is 2. The van der Waals surface area contributed by atoms with Crippen molar-refractivity contribution in [2.75, 3.05) is 0 Å². The number of nitrogens with zero attached hydrogens (tertiary/aromatic N) is 3. The maximum atomic E-state index is 4.74. The third kappa shape index (κ3) is 5.38. The van der Waals surface area contributed by atoms with Gasteiger partial charge < -0.3 is 4.57 Å². The highest BCUT2D eigenvalue weighted by atomic mass is 15.0. The first kappa shape index (κ1) is 33.8. The molecule has 13 rings (SSSR count). The van der Waals surface area contributed by atoms with Crippen molar-refractivity contribution in [2.24, 2.45) is 0 Å². The van der Waals surface area contributed by atoms with Crippen LogP contribution in [0, 0.1) is 0 Å². The van der Waals surface area contributed by atoms with Crippen LogP contribution in [-0.4, -0.2) is 14.5 Å². The largest absolute Gasteiger partial charge is 0.309 e. The molecular weight excluding hydrogens is 739 g/mol. The van der Waals surface area contributed by atoms with E-state index in [4.69, 9.17) is 9.97 Å². The molecule has 0 bridgehead atoms. The molecule has 0 saturated heterocycles. The van der Waals surface area contributed by atoms with E-state index >= 15 is 0 Å². The predicted molar refractivity (Wildman–Crippen MR) is 258 cm³/mol. The molecule has 3 nitrogen and oxygen atoms in total. The summed E-state index contributed by atoms with van der Waals surface area (Å²) >= 11 is 0. The van der Waals surface area contributed by atoms with E-state index in [2.05, 4.69) is 205 Å². The molecule has 0 atom stereocenters. The molecular formula is C58H35N3. The lowest BCUT2D eigenvalue weighted by atomic mass is 9.93. The smallest absolute Gasteiger partial charge is 0.0971 e. The van der Waals surface area contributed by atoms with E-state index in [1.807, 2.05) is 0 Å². The summed E-state index contributed by atoms with van der Waals surface area (Å²) < 4.78 is 2.38. The van der Waals surface area contributed by atoms with Gasteiger partial charge in [-0.05, 0) is 137 Å². The van der Waals surface area contributed by atoms with Gasteiger partial charge in [-0.3, -0.25) is 9.97 Å². The molecule has 282 valence electrons. The molecule has 0 saturated carbocycles. The Labute approximate surface area is 351 Å². The van der Waals surface area contributed by atoms with Crippen molar-refractivity contribution >= 4 is 86.7 Å². The summed E-state index contributed by atoms with van der Waals surface area (Å²) in [6, 6.07) is 73.6. The van der Waals surface area contributed by atoms with E-state index in [1.54, 1.807) is 12.4 Å². The Morgan fingerprint density at radius 3 is 1.11 bits per heavy atom. The predicted octanol–water partition coefficient (Wildman–Crippen LogP) is 15.5. The van der Waals surface area contributed by atoms with E-state index in [0.717, 1.165) is 21.8 Å². The number of aromatic nitrogens is 3. The molecule has 0 aliphatic rings. The third-order valence-electron chi connectivity index (χ3n) is 12.8. The minimum Gasteiger partial charge on any atom is -0.309 e. The second-order valence-electron chi connectivity index (χ2n) is 16.2. The first-order chi connectivity index (χ1) is 30.2. The summed E-state index contributed by atoms with van der Waals surface area (Å²) in [5, 5.41) is 14.6. The zero-order valence-electron chi connectivity index (χ0n) is 33.0. The molecule has 0 spiro atoms. The molecule has 0 fully saturated rings. The maximum absolute atomic E-state index is 4.74. The van der Waals surface area contributed by atoms with Crippen LogP contribution in [0.25, 0.3) is 126 Å². The summed E-state index contributed by atoms with van der Waals surface area (Å²) in [5.41, 5.74) is 12.8. The molecule has 0 unspecified atom stereocenters. The minimum absolute atomic E-state index is 0.943. The molecule has 2 heterocycles. The van der Waals surface area contributed by atoms with Crippen LogP contribution in [0.3, 0.4) is 0 Å². The van der Waals surface area contributed by atoms with Gasteiger partial charge in [-0.1, -0.05) is 140 Å². The quantitative estimate of drug-likeness (QED) is 0.167. The average Bonchev–Trinajstić information content (AvgIpc) is 3.67. The van der Waals surface area contributed by atoms with Crippen LogP contribution in [0.2, 0.25) is 0 Å². The molecule has 0 N–H and O–H groups in total. The lowest BCUT2D eigenvalue weighted by molar-refractivity contribution is 1.19. The van der Waals surface area contributed by atoms with Gasteiger partial charge >= 0.3 is 0 Å². The van der Waals surface area contributed by atoms with Crippen LogP contribution in [0.4, 0.5) is 0 Å². The molecule has 13 aromatic rings. The fourth-order valence-electron chi connectivity index (χ4n) is 9.77. The standard InChI is InChI=1S/C58H35N3/c1-2-10-52-49(7-1)54-35-47(24-26-53(54)58-57(52)59-27-28-60-58)44-20-19-41-31-39(17-18-42(41)32-44)36-13-14-38-30-40(16-15-37(38)29-36)43-21-22-46-34-48(25-23-45(46)33-43)61-55-11-5-3-8-50(55)51-9-4-6-12-56(51)61/h1-35H. The Balaban J connectivity index is 0.797. The summed E-state index contributed by atoms with van der Waals surface area (Å²) in [7, 11) is 0. The third-order valence-corrected chi connectivity index (χ3v) is 12.8. The molecule has 0 aliphatic carbocycles. The van der Waals surface area contributed by atoms with Crippen LogP contribution in [0.1, 0.15) is 0 Å². The van der Waals surface area contributed by atoms with Crippen molar-refractivity contribution in [3.05, 3.63) is 213 Å². The van der Waals surface area contributed by atoms with Crippen molar-refractivity contribution < 1.29 is 0 Å². The van der Waals surface area contributed by atoms with Gasteiger partial charge in [0.15, 0.2) is 0 Å². The van der Waals surface area contributed by atoms with Crippen LogP contribution in [0.5, 0.6) is 0 Å². The molecule has 0 amide bonds. The fraction of sp³-hybridized carbons (Fsp3) is 0. The average molecular weight is 774 g/mol. The van der Waals surface area contributed by atoms with Crippen LogP contribution in [0.15, 0.2) is 213 Å². The number of rotatable bonds is 4. The van der Waals surface area contributed by atoms with Crippen LogP contribution >= 0.6 is 0 Å². The minimum atomic E-state index is 0.943. The van der Waals surface area contributed by atoms with Gasteiger partial charge in [0.25, 0.3) is 0 Å². The van der Waals surface area contributed by atoms with Gasteiger partial charge in [-0.25, -0.2) is 0 Å². The van der Waals surface area contributed by atoms with E-state index in [9.17, 15) is 0 Å². The Kier molecular flexibility index (Phi) is 7.31. The molecule has 61 heavy (non-hydrogen) atoms. The normalized spacial score (nSPS) is 11.9. The van der Waals surface area contributed by atoms with Crippen molar-refractivity contribution in [1.29, 1.82) is 0 Å². The molecule has 3 heteroatoms. The maximum Gasteiger partial charge on any atom is 0.0971 e. The summed E-state index contributed by atoms with van der Waals surface area (Å²) in [5.74, 6) is 0. The lowest BCUT2D eigenvalue weighted by Gasteiger charge is -2.12. The van der Waals surface area contributed by atoms with Gasteiger partial charge in [0, 0.05) is 39.6 Å². The van der Waals surface area contributed by atoms with Gasteiger partial charge in [0.05, 0.1) is 22.1 Å². The summed E-state index contributed by atoms with van der Waals surface area (Å²) in [6.07, 6.45) is 3.56. The van der Waals surface area contributed by atoms with Crippen LogP contribution in [-0.2, 0) is 0 Å². The Morgan fingerprint density at radius 1 is 0.262 bits per heavy atom.